The van der Waals surface area contributed by atoms with Crippen LogP contribution in [0, 0.1) is 0 Å². The van der Waals surface area contributed by atoms with Gasteiger partial charge in [-0.3, -0.25) is 4.79 Å². The largest absolute Gasteiger partial charge is 0.344 e. The van der Waals surface area contributed by atoms with Crippen molar-refractivity contribution in [2.75, 3.05) is 0 Å². The van der Waals surface area contributed by atoms with Crippen molar-refractivity contribution < 1.29 is 4.79 Å². The number of aromatic nitrogens is 2. The lowest BCUT2D eigenvalue weighted by atomic mass is 10.1. The van der Waals surface area contributed by atoms with Crippen molar-refractivity contribution in [2.45, 2.75) is 32.2 Å². The molecule has 3 rings (SSSR count). The maximum atomic E-state index is 12.3. The Hall–Kier alpha value is -1.75. The molecule has 19 heavy (non-hydrogen) atoms. The number of nitrogens with zero attached hydrogens (tertiary/aromatic N) is 2. The number of carbonyl (C=O) groups excluding carboxylic acids is 1. The van der Waals surface area contributed by atoms with Gasteiger partial charge in [-0.1, -0.05) is 35.7 Å². The topological polar surface area (TPSA) is 54.9 Å². The van der Waals surface area contributed by atoms with E-state index in [0.717, 1.165) is 25.0 Å². The maximum Gasteiger partial charge on any atom is 0.265 e. The summed E-state index contributed by atoms with van der Waals surface area (Å²) in [5.74, 6) is -0.0476. The zero-order valence-corrected chi connectivity index (χ0v) is 11.5. The number of nitrogens with one attached hydrogen (secondary N) is 1. The van der Waals surface area contributed by atoms with Crippen LogP contribution in [0.25, 0.3) is 0 Å². The van der Waals surface area contributed by atoms with Crippen molar-refractivity contribution in [3.05, 3.63) is 46.0 Å². The molecule has 1 aromatic carbocycles. The van der Waals surface area contributed by atoms with E-state index in [9.17, 15) is 4.79 Å². The van der Waals surface area contributed by atoms with Gasteiger partial charge in [0.1, 0.15) is 4.88 Å². The van der Waals surface area contributed by atoms with Crippen LogP contribution in [0.3, 0.4) is 0 Å². The van der Waals surface area contributed by atoms with Crippen LogP contribution in [0.2, 0.25) is 0 Å². The Balaban J connectivity index is 1.78. The molecule has 1 aliphatic carbocycles. The highest BCUT2D eigenvalue weighted by Crippen LogP contribution is 2.31. The summed E-state index contributed by atoms with van der Waals surface area (Å²) in [7, 11) is 0. The molecule has 1 heterocycles. The quantitative estimate of drug-likeness (QED) is 0.935. The van der Waals surface area contributed by atoms with E-state index in [1.165, 1.54) is 22.7 Å². The molecule has 0 bridgehead atoms. The third-order valence-electron chi connectivity index (χ3n) is 3.54. The van der Waals surface area contributed by atoms with Crippen LogP contribution in [0.1, 0.15) is 45.9 Å². The van der Waals surface area contributed by atoms with Crippen LogP contribution < -0.4 is 5.32 Å². The molecule has 1 aromatic heterocycles. The molecule has 1 aliphatic rings. The fourth-order valence-electron chi connectivity index (χ4n) is 2.54. The molecular formula is C14H15N3OS. The lowest BCUT2D eigenvalue weighted by Crippen LogP contribution is -2.27. The number of hydrogen-bond donors (Lipinski definition) is 1. The van der Waals surface area contributed by atoms with Crippen LogP contribution in [0.5, 0.6) is 0 Å². The van der Waals surface area contributed by atoms with E-state index >= 15 is 0 Å². The summed E-state index contributed by atoms with van der Waals surface area (Å²) >= 11 is 1.17. The van der Waals surface area contributed by atoms with Gasteiger partial charge in [-0.05, 0) is 41.9 Å². The summed E-state index contributed by atoms with van der Waals surface area (Å²) in [4.78, 5) is 12.9. The van der Waals surface area contributed by atoms with Crippen molar-refractivity contribution in [3.63, 3.8) is 0 Å². The third kappa shape index (κ3) is 2.26. The fourth-order valence-corrected chi connectivity index (χ4v) is 3.20. The van der Waals surface area contributed by atoms with E-state index in [4.69, 9.17) is 0 Å². The number of carbonyl (C=O) groups is 1. The summed E-state index contributed by atoms with van der Waals surface area (Å²) in [6.45, 7) is 1.98. The highest BCUT2D eigenvalue weighted by Gasteiger charge is 2.25. The number of hydrogen-bond acceptors (Lipinski definition) is 4. The molecular weight excluding hydrogens is 258 g/mol. The number of fused-ring (bicyclic) bond motifs is 1. The van der Waals surface area contributed by atoms with Gasteiger partial charge in [0.25, 0.3) is 5.91 Å². The van der Waals surface area contributed by atoms with E-state index in [2.05, 4.69) is 27.0 Å². The predicted octanol–water partition coefficient (Wildman–Crippen LogP) is 2.52. The van der Waals surface area contributed by atoms with Crippen LogP contribution in [0.15, 0.2) is 24.3 Å². The van der Waals surface area contributed by atoms with Gasteiger partial charge in [0.05, 0.1) is 11.7 Å². The summed E-state index contributed by atoms with van der Waals surface area (Å²) in [5, 5.41) is 7.09. The molecule has 4 nitrogen and oxygen atoms in total. The highest BCUT2D eigenvalue weighted by atomic mass is 32.1. The predicted molar refractivity (Wildman–Crippen MR) is 74.3 cm³/mol. The van der Waals surface area contributed by atoms with Gasteiger partial charge < -0.3 is 5.32 Å². The molecule has 98 valence electrons. The van der Waals surface area contributed by atoms with E-state index in [1.807, 2.05) is 19.1 Å². The molecule has 1 atom stereocenters. The van der Waals surface area contributed by atoms with Crippen LogP contribution in [0.4, 0.5) is 0 Å². The molecule has 0 saturated heterocycles. The first-order valence-electron chi connectivity index (χ1n) is 6.49. The second kappa shape index (κ2) is 5.09. The van der Waals surface area contributed by atoms with Crippen LogP contribution in [-0.4, -0.2) is 15.5 Å². The first-order valence-corrected chi connectivity index (χ1v) is 7.26. The van der Waals surface area contributed by atoms with Crippen molar-refractivity contribution in [1.82, 2.24) is 14.9 Å². The maximum absolute atomic E-state index is 12.3. The fraction of sp³-hybridized carbons (Fsp3) is 0.357. The SMILES string of the molecule is CCc1nnsc1C(=O)N[C@@H]1CCc2ccccc21. The first-order chi connectivity index (χ1) is 9.29. The lowest BCUT2D eigenvalue weighted by Gasteiger charge is -2.13. The number of aryl methyl sites for hydroxylation is 2. The van der Waals surface area contributed by atoms with Gasteiger partial charge in [-0.15, -0.1) is 5.10 Å². The summed E-state index contributed by atoms with van der Waals surface area (Å²) < 4.78 is 3.86. The van der Waals surface area contributed by atoms with Crippen molar-refractivity contribution in [3.8, 4) is 0 Å². The van der Waals surface area contributed by atoms with Crippen molar-refractivity contribution >= 4 is 17.4 Å². The Morgan fingerprint density at radius 3 is 3.16 bits per heavy atom. The second-order valence-corrected chi connectivity index (χ2v) is 5.42. The van der Waals surface area contributed by atoms with Gasteiger partial charge in [-0.25, -0.2) is 0 Å². The lowest BCUT2D eigenvalue weighted by molar-refractivity contribution is 0.0939. The van der Waals surface area contributed by atoms with Gasteiger partial charge in [-0.2, -0.15) is 0 Å². The van der Waals surface area contributed by atoms with E-state index in [-0.39, 0.29) is 11.9 Å². The molecule has 0 unspecified atom stereocenters. The van der Waals surface area contributed by atoms with Crippen molar-refractivity contribution in [1.29, 1.82) is 0 Å². The second-order valence-electron chi connectivity index (χ2n) is 4.67. The zero-order valence-electron chi connectivity index (χ0n) is 10.7. The summed E-state index contributed by atoms with van der Waals surface area (Å²) in [6, 6.07) is 8.42. The first kappa shape index (κ1) is 12.3. The van der Waals surface area contributed by atoms with Crippen LogP contribution in [-0.2, 0) is 12.8 Å². The Labute approximate surface area is 116 Å². The number of amides is 1. The van der Waals surface area contributed by atoms with Gasteiger partial charge in [0, 0.05) is 0 Å². The molecule has 0 saturated carbocycles. The molecule has 0 aliphatic heterocycles. The average Bonchev–Trinajstić information content (AvgIpc) is 3.05. The molecule has 5 heteroatoms. The van der Waals surface area contributed by atoms with Crippen molar-refractivity contribution in [2.24, 2.45) is 0 Å². The molecule has 0 spiro atoms. The Kier molecular flexibility index (Phi) is 3.29. The molecule has 2 aromatic rings. The average molecular weight is 273 g/mol. The van der Waals surface area contributed by atoms with Gasteiger partial charge in [0.15, 0.2) is 0 Å². The Morgan fingerprint density at radius 1 is 1.47 bits per heavy atom. The minimum Gasteiger partial charge on any atom is -0.344 e. The zero-order chi connectivity index (χ0) is 13.2. The Bertz CT molecular complexity index is 608. The smallest absolute Gasteiger partial charge is 0.265 e. The number of rotatable bonds is 3. The normalized spacial score (nSPS) is 17.2. The third-order valence-corrected chi connectivity index (χ3v) is 4.30. The van der Waals surface area contributed by atoms with Gasteiger partial charge in [0.2, 0.25) is 0 Å². The molecule has 1 N–H and O–H groups in total. The van der Waals surface area contributed by atoms with E-state index in [0.29, 0.717) is 4.88 Å². The van der Waals surface area contributed by atoms with Crippen LogP contribution >= 0.6 is 11.5 Å². The van der Waals surface area contributed by atoms with Gasteiger partial charge >= 0.3 is 0 Å². The standard InChI is InChI=1S/C14H15N3OS/c1-2-11-13(19-17-16-11)14(18)15-12-8-7-9-5-3-4-6-10(9)12/h3-6,12H,2,7-8H2,1H3,(H,15,18)/t12-/m1/s1. The van der Waals surface area contributed by atoms with E-state index < -0.39 is 0 Å². The molecule has 1 amide bonds. The highest BCUT2D eigenvalue weighted by molar-refractivity contribution is 7.08. The van der Waals surface area contributed by atoms with E-state index in [1.54, 1.807) is 0 Å². The monoisotopic (exact) mass is 273 g/mol. The minimum atomic E-state index is -0.0476. The minimum absolute atomic E-state index is 0.0476. The summed E-state index contributed by atoms with van der Waals surface area (Å²) in [6.07, 6.45) is 2.74. The summed E-state index contributed by atoms with van der Waals surface area (Å²) in [5.41, 5.74) is 3.37. The molecule has 0 fully saturated rings. The molecule has 0 radical (unpaired) electrons. The Morgan fingerprint density at radius 2 is 2.32 bits per heavy atom. The number of benzene rings is 1.